The van der Waals surface area contributed by atoms with Crippen LogP contribution in [0.1, 0.15) is 128 Å². The van der Waals surface area contributed by atoms with Crippen molar-refractivity contribution in [3.05, 3.63) is 324 Å². The van der Waals surface area contributed by atoms with Crippen LogP contribution in [0.5, 0.6) is 0 Å². The predicted octanol–water partition coefficient (Wildman–Crippen LogP) is 30.4. The first kappa shape index (κ1) is 119. The first-order valence-electron chi connectivity index (χ1n) is 41.8. The minimum Gasteiger partial charge on any atom is -0.492 e. The third-order valence-electron chi connectivity index (χ3n) is 21.6. The fourth-order valence-electron chi connectivity index (χ4n) is 10.8. The van der Waals surface area contributed by atoms with Crippen molar-refractivity contribution < 1.29 is 83.4 Å². The largest absolute Gasteiger partial charge is 0.492 e. The molecule has 6 aromatic carbocycles. The molecule has 0 aliphatic carbocycles. The fraction of sp³-hybridized carbons (Fsp3) is 0.276. The molecule has 138 heavy (non-hydrogen) atoms. The first-order chi connectivity index (χ1) is 64.2. The third kappa shape index (κ3) is 36.5. The van der Waals surface area contributed by atoms with Gasteiger partial charge < -0.3 is 42.6 Å². The summed E-state index contributed by atoms with van der Waals surface area (Å²) < 4.78 is 112. The zero-order chi connectivity index (χ0) is 104. The Balaban J connectivity index is 0.000000252. The van der Waals surface area contributed by atoms with Crippen LogP contribution in [0, 0.1) is 34.9 Å². The van der Waals surface area contributed by atoms with Crippen molar-refractivity contribution in [2.75, 3.05) is 26.2 Å². The molecule has 0 aliphatic heterocycles. The second kappa shape index (κ2) is 53.4. The number of Topliss-reactive ketones (excluding diaryl/α,β-unsaturated/α-hetero) is 1. The summed E-state index contributed by atoms with van der Waals surface area (Å²) in [5, 5.41) is 27.9. The highest BCUT2D eigenvalue weighted by molar-refractivity contribution is 9.09. The number of ketones is 1. The molecule has 40 heteroatoms. The maximum absolute atomic E-state index is 13.6. The second-order valence-electron chi connectivity index (χ2n) is 34.8. The maximum Gasteiger partial charge on any atom is 0.488 e. The lowest BCUT2D eigenvalue weighted by Crippen LogP contribution is -2.40. The fourth-order valence-corrected chi connectivity index (χ4v) is 16.2. The standard InChI is InChI=1S/C22H29ClFNO2Si.C20H24BrClFNO2Si.C18H22Cl2FNOSi.C13H8Cl2FNO2.C12H8Cl2FNO.C7H5Cl2NO2.C6H5BClFO2/c1-8-26-15(2)20-11-16(14-27-28(6,7)22(3,4)5)12-21(25-20)17-9-10-19(24)18(23)13-17;1-20(2,3)27(4,5)26-12-13-8-17(24-18(9-13)19(25)11-21)14-6-7-16(23)15(22)10-14;1-18(2,3)24(4,5)23-11-12-8-16(22-17(20)9-12)13-6-7-15(21)14(19)10-13;1-19-13(18)8-5-11(17-12(15)6-8)7-2-3-10(16)9(14)4-7;13-9-5-8(1-2-10(9)15)11-3-7(6-17)4-12(14)16-11;1-12-7(11)4-2-5(8)10-6(9)3-4;8-5-3-4(7(10)11)1-2-6(5)9/h9-13H,2,8,14H2,1,3-7H3;6-10H,11-12H2,1-5H3;6-10H,11H2,1-5H3;2-6H,1H3;1-5,17H,6H2;2-3H,1H3;1-3,10-11H. The van der Waals surface area contributed by atoms with E-state index in [2.05, 4.69) is 163 Å². The third-order valence-corrected chi connectivity index (χ3v) is 38.3. The van der Waals surface area contributed by atoms with Crippen molar-refractivity contribution in [1.82, 2.24) is 29.9 Å². The van der Waals surface area contributed by atoms with E-state index in [4.69, 9.17) is 161 Å². The van der Waals surface area contributed by atoms with E-state index in [1.54, 1.807) is 60.7 Å². The Morgan fingerprint density at radius 1 is 0.377 bits per heavy atom. The summed E-state index contributed by atoms with van der Waals surface area (Å²) in [4.78, 5) is 59.8. The quantitative estimate of drug-likeness (QED) is 0.0102. The van der Waals surface area contributed by atoms with Gasteiger partial charge >= 0.3 is 19.1 Å². The molecular weight excluding hydrogens is 2130 g/mol. The van der Waals surface area contributed by atoms with Crippen LogP contribution in [0.3, 0.4) is 0 Å². The Bertz CT molecular complexity index is 6280. The summed E-state index contributed by atoms with van der Waals surface area (Å²) in [6.45, 7) is 40.5. The summed E-state index contributed by atoms with van der Waals surface area (Å²) in [5.41, 5.74) is 11.3. The number of carbonyl (C=O) groups is 3. The molecule has 12 aromatic rings. The smallest absolute Gasteiger partial charge is 0.488 e. The molecular formula is C98H101BBrCl11F6N6O12Si3. The van der Waals surface area contributed by atoms with E-state index in [1.807, 2.05) is 31.2 Å². The number of alkyl halides is 1. The van der Waals surface area contributed by atoms with Crippen LogP contribution in [-0.2, 0) is 53.9 Å². The van der Waals surface area contributed by atoms with E-state index >= 15 is 0 Å². The molecule has 0 amide bonds. The summed E-state index contributed by atoms with van der Waals surface area (Å²) in [6, 6.07) is 45.5. The van der Waals surface area contributed by atoms with Crippen LogP contribution in [0.25, 0.3) is 62.0 Å². The van der Waals surface area contributed by atoms with Crippen molar-refractivity contribution in [1.29, 1.82) is 0 Å². The number of aliphatic hydroxyl groups excluding tert-OH is 1. The summed E-state index contributed by atoms with van der Waals surface area (Å²) >= 11 is 66.6. The van der Waals surface area contributed by atoms with E-state index in [1.165, 1.54) is 105 Å². The molecule has 3 N–H and O–H groups in total. The van der Waals surface area contributed by atoms with Crippen LogP contribution in [0.2, 0.25) is 110 Å². The van der Waals surface area contributed by atoms with Crippen molar-refractivity contribution >= 4 is 205 Å². The van der Waals surface area contributed by atoms with Gasteiger partial charge in [-0.25, -0.2) is 65.8 Å². The van der Waals surface area contributed by atoms with E-state index in [0.29, 0.717) is 105 Å². The van der Waals surface area contributed by atoms with E-state index in [9.17, 15) is 40.7 Å². The Hall–Kier alpha value is -7.90. The normalized spacial score (nSPS) is 11.4. The molecule has 736 valence electrons. The molecule has 0 saturated carbocycles. The maximum atomic E-state index is 13.6. The first-order valence-corrected chi connectivity index (χ1v) is 55.8. The molecule has 0 atom stereocenters. The molecule has 0 bridgehead atoms. The van der Waals surface area contributed by atoms with E-state index < -0.39 is 78.9 Å². The summed E-state index contributed by atoms with van der Waals surface area (Å²) in [7, 11) is -4.75. The Kier molecular flexibility index (Phi) is 46.0. The van der Waals surface area contributed by atoms with E-state index in [0.717, 1.165) is 33.9 Å². The van der Waals surface area contributed by atoms with Gasteiger partial charge in [0.25, 0.3) is 0 Å². The van der Waals surface area contributed by atoms with Gasteiger partial charge in [0.15, 0.2) is 30.7 Å². The number of hydrogen-bond donors (Lipinski definition) is 3. The average molecular weight is 2230 g/mol. The molecule has 0 radical (unpaired) electrons. The molecule has 0 aliphatic rings. The monoisotopic (exact) mass is 2230 g/mol. The number of ether oxygens (including phenoxy) is 3. The van der Waals surface area contributed by atoms with Crippen LogP contribution in [0.4, 0.5) is 26.3 Å². The minimum absolute atomic E-state index is 0.0191. The average Bonchev–Trinajstić information content (AvgIpc) is 0.824. The van der Waals surface area contributed by atoms with Gasteiger partial charge in [-0.15, -0.1) is 0 Å². The zero-order valence-corrected chi connectivity index (χ0v) is 91.3. The topological polar surface area (TPSA) is 245 Å². The van der Waals surface area contributed by atoms with Gasteiger partial charge in [0, 0.05) is 27.8 Å². The Morgan fingerprint density at radius 2 is 0.645 bits per heavy atom. The molecule has 12 rings (SSSR count). The van der Waals surface area contributed by atoms with Crippen molar-refractivity contribution in [2.45, 2.75) is 150 Å². The number of esters is 2. The zero-order valence-electron chi connectivity index (χ0n) is 78.4. The van der Waals surface area contributed by atoms with Crippen LogP contribution in [-0.4, -0.2) is 121 Å². The van der Waals surface area contributed by atoms with Gasteiger partial charge in [-0.1, -0.05) is 218 Å². The van der Waals surface area contributed by atoms with Crippen LogP contribution >= 0.6 is 144 Å². The lowest BCUT2D eigenvalue weighted by molar-refractivity contribution is 0.0592. The number of methoxy groups -OCH3 is 2. The highest BCUT2D eigenvalue weighted by Gasteiger charge is 2.40. The van der Waals surface area contributed by atoms with Crippen LogP contribution < -0.4 is 5.46 Å². The number of rotatable bonds is 23. The highest BCUT2D eigenvalue weighted by Crippen LogP contribution is 2.42. The number of hydrogen-bond acceptors (Lipinski definition) is 18. The molecule has 18 nitrogen and oxygen atoms in total. The number of halogens is 18. The predicted molar refractivity (Wildman–Crippen MR) is 557 cm³/mol. The molecule has 0 unspecified atom stereocenters. The SMILES string of the molecule is C=C(OCC)c1cc(CO[Si](C)(C)C(C)(C)C)cc(-c2ccc(F)c(Cl)c2)n1.CC(C)(C)[Si](C)(C)OCc1cc(C(=O)CBr)nc(-c2ccc(F)c(Cl)c2)c1.CC(C)(C)[Si](C)(C)OCc1cc(Cl)nc(-c2ccc(F)c(Cl)c2)c1.COC(=O)c1cc(Cl)nc(-c2ccc(F)c(Cl)c2)c1.COC(=O)c1cc(Cl)nc(Cl)c1.OB(O)c1ccc(F)c(Cl)c1.OCc1cc(Cl)nc(-c2ccc(F)c(Cl)c2)c1. The number of nitrogens with zero attached hydrogens (tertiary/aromatic N) is 6. The molecule has 6 aromatic heterocycles. The van der Waals surface area contributed by atoms with Gasteiger partial charge in [-0.2, -0.15) is 0 Å². The van der Waals surface area contributed by atoms with Crippen LogP contribution in [0.15, 0.2) is 189 Å². The Morgan fingerprint density at radius 3 is 0.942 bits per heavy atom. The van der Waals surface area contributed by atoms with Gasteiger partial charge in [0.2, 0.25) is 0 Å². The number of aromatic nitrogens is 6. The van der Waals surface area contributed by atoms with Gasteiger partial charge in [0.1, 0.15) is 77.8 Å². The van der Waals surface area contributed by atoms with Gasteiger partial charge in [-0.3, -0.25) is 4.79 Å². The number of benzene rings is 6. The molecule has 0 spiro atoms. The summed E-state index contributed by atoms with van der Waals surface area (Å²) in [6.07, 6.45) is 0. The molecule has 0 fully saturated rings. The second-order valence-corrected chi connectivity index (χ2v) is 54.2. The van der Waals surface area contributed by atoms with E-state index in [-0.39, 0.29) is 94.6 Å². The van der Waals surface area contributed by atoms with Gasteiger partial charge in [0.05, 0.1) is 122 Å². The number of aliphatic hydroxyl groups is 1. The number of carbonyl (C=O) groups excluding carboxylic acids is 3. The van der Waals surface area contributed by atoms with Gasteiger partial charge in [-0.05, 0) is 265 Å². The lowest BCUT2D eigenvalue weighted by atomic mass is 9.80. The summed E-state index contributed by atoms with van der Waals surface area (Å²) in [5.74, 6) is -3.64. The van der Waals surface area contributed by atoms with Crippen molar-refractivity contribution in [3.8, 4) is 56.3 Å². The minimum atomic E-state index is -1.94. The Labute approximate surface area is 867 Å². The lowest BCUT2D eigenvalue weighted by Gasteiger charge is -2.36. The number of pyridine rings is 6. The van der Waals surface area contributed by atoms with Crippen molar-refractivity contribution in [2.24, 2.45) is 0 Å². The molecule has 6 heterocycles. The van der Waals surface area contributed by atoms with Crippen molar-refractivity contribution in [3.63, 3.8) is 0 Å². The molecule has 0 saturated heterocycles. The highest BCUT2D eigenvalue weighted by atomic mass is 79.9.